The van der Waals surface area contributed by atoms with Crippen LogP contribution in [0.5, 0.6) is 0 Å². The van der Waals surface area contributed by atoms with Gasteiger partial charge in [0.15, 0.2) is 0 Å². The summed E-state index contributed by atoms with van der Waals surface area (Å²) in [7, 11) is 1.87. The number of aryl methyl sites for hydroxylation is 1. The Bertz CT molecular complexity index is 443. The topological polar surface area (TPSA) is 55.1 Å². The van der Waals surface area contributed by atoms with Gasteiger partial charge in [-0.05, 0) is 49.5 Å². The van der Waals surface area contributed by atoms with Gasteiger partial charge in [-0.15, -0.1) is 0 Å². The highest BCUT2D eigenvalue weighted by molar-refractivity contribution is 5.75. The van der Waals surface area contributed by atoms with Crippen LogP contribution >= 0.6 is 0 Å². The molecule has 1 aromatic rings. The quantitative estimate of drug-likeness (QED) is 0.909. The lowest BCUT2D eigenvalue weighted by molar-refractivity contribution is -0.151. The van der Waals surface area contributed by atoms with Crippen molar-refractivity contribution in [3.8, 4) is 0 Å². The molecule has 1 heterocycles. The van der Waals surface area contributed by atoms with Crippen LogP contribution in [0, 0.1) is 17.3 Å². The summed E-state index contributed by atoms with van der Waals surface area (Å²) >= 11 is 0. The van der Waals surface area contributed by atoms with E-state index in [1.54, 1.807) is 10.9 Å². The van der Waals surface area contributed by atoms with E-state index in [2.05, 4.69) is 18.9 Å². The van der Waals surface area contributed by atoms with Crippen LogP contribution in [0.25, 0.3) is 0 Å². The van der Waals surface area contributed by atoms with Crippen LogP contribution in [0.1, 0.15) is 45.1 Å². The van der Waals surface area contributed by atoms with E-state index in [1.807, 2.05) is 13.2 Å². The molecule has 1 saturated carbocycles. The minimum Gasteiger partial charge on any atom is -0.481 e. The third kappa shape index (κ3) is 2.99. The average Bonchev–Trinajstić information content (AvgIpc) is 2.75. The zero-order valence-electron chi connectivity index (χ0n) is 12.1. The summed E-state index contributed by atoms with van der Waals surface area (Å²) in [5.74, 6) is 0.699. The summed E-state index contributed by atoms with van der Waals surface area (Å²) in [6.07, 6.45) is 7.98. The highest BCUT2D eigenvalue weighted by Crippen LogP contribution is 2.43. The molecule has 0 radical (unpaired) electrons. The van der Waals surface area contributed by atoms with Crippen LogP contribution in [-0.2, 0) is 18.3 Å². The maximum absolute atomic E-state index is 11.7. The summed E-state index contributed by atoms with van der Waals surface area (Å²) < 4.78 is 1.74. The minimum absolute atomic E-state index is 0.575. The van der Waals surface area contributed by atoms with E-state index < -0.39 is 11.4 Å². The molecule has 106 valence electrons. The van der Waals surface area contributed by atoms with E-state index >= 15 is 0 Å². The fourth-order valence-electron chi connectivity index (χ4n) is 3.28. The molecule has 19 heavy (non-hydrogen) atoms. The van der Waals surface area contributed by atoms with E-state index in [0.29, 0.717) is 18.3 Å². The Morgan fingerprint density at radius 3 is 2.58 bits per heavy atom. The largest absolute Gasteiger partial charge is 0.481 e. The number of carbonyl (C=O) groups is 1. The molecule has 0 spiro atoms. The molecule has 1 aliphatic carbocycles. The van der Waals surface area contributed by atoms with Crippen LogP contribution in [0.2, 0.25) is 0 Å². The van der Waals surface area contributed by atoms with Gasteiger partial charge in [0.1, 0.15) is 0 Å². The lowest BCUT2D eigenvalue weighted by Crippen LogP contribution is -2.38. The van der Waals surface area contributed by atoms with Gasteiger partial charge in [-0.2, -0.15) is 5.10 Å². The summed E-state index contributed by atoms with van der Waals surface area (Å²) in [6, 6.07) is 0. The number of hydrogen-bond donors (Lipinski definition) is 1. The van der Waals surface area contributed by atoms with E-state index in [0.717, 1.165) is 31.2 Å². The van der Waals surface area contributed by atoms with Crippen molar-refractivity contribution in [1.29, 1.82) is 0 Å². The van der Waals surface area contributed by atoms with E-state index in [-0.39, 0.29) is 0 Å². The molecular weight excluding hydrogens is 240 g/mol. The molecule has 0 saturated heterocycles. The summed E-state index contributed by atoms with van der Waals surface area (Å²) in [5.41, 5.74) is 0.460. The Balaban J connectivity index is 2.10. The predicted molar refractivity (Wildman–Crippen MR) is 73.8 cm³/mol. The molecule has 4 heteroatoms. The number of aromatic nitrogens is 2. The van der Waals surface area contributed by atoms with Gasteiger partial charge < -0.3 is 5.11 Å². The van der Waals surface area contributed by atoms with Crippen molar-refractivity contribution >= 4 is 5.97 Å². The fraction of sp³-hybridized carbons (Fsp3) is 0.733. The smallest absolute Gasteiger partial charge is 0.309 e. The van der Waals surface area contributed by atoms with Gasteiger partial charge in [0.2, 0.25) is 0 Å². The van der Waals surface area contributed by atoms with E-state index in [4.69, 9.17) is 0 Å². The molecule has 0 aliphatic heterocycles. The van der Waals surface area contributed by atoms with Gasteiger partial charge in [-0.3, -0.25) is 9.48 Å². The lowest BCUT2D eigenvalue weighted by Gasteiger charge is -2.38. The molecule has 0 unspecified atom stereocenters. The first-order chi connectivity index (χ1) is 8.93. The predicted octanol–water partition coefficient (Wildman–Crippen LogP) is 2.88. The second kappa shape index (κ2) is 5.35. The molecule has 1 aromatic heterocycles. The monoisotopic (exact) mass is 264 g/mol. The summed E-state index contributed by atoms with van der Waals surface area (Å²) in [5, 5.41) is 13.8. The average molecular weight is 264 g/mol. The fourth-order valence-corrected chi connectivity index (χ4v) is 3.28. The van der Waals surface area contributed by atoms with Crippen molar-refractivity contribution in [3.05, 3.63) is 18.0 Å². The van der Waals surface area contributed by atoms with Gasteiger partial charge in [0, 0.05) is 13.2 Å². The number of carboxylic acids is 1. The number of hydrogen-bond acceptors (Lipinski definition) is 2. The highest BCUT2D eigenvalue weighted by atomic mass is 16.4. The molecule has 0 aromatic carbocycles. The molecule has 1 aliphatic rings. The zero-order chi connectivity index (χ0) is 14.0. The second-order valence-electron chi connectivity index (χ2n) is 6.37. The third-order valence-electron chi connectivity index (χ3n) is 4.68. The molecule has 0 amide bonds. The number of nitrogens with zero attached hydrogens (tertiary/aromatic N) is 2. The number of carboxylic acid groups (broad SMARTS) is 1. The van der Waals surface area contributed by atoms with Crippen LogP contribution in [0.4, 0.5) is 0 Å². The molecular formula is C15H24N2O2. The Labute approximate surface area is 114 Å². The SMILES string of the molecule is CC(C)C1CCC(Cc2cnn(C)c2)(C(=O)O)CC1. The first-order valence-corrected chi connectivity index (χ1v) is 7.14. The Kier molecular flexibility index (Phi) is 3.97. The second-order valence-corrected chi connectivity index (χ2v) is 6.37. The van der Waals surface area contributed by atoms with E-state index in [1.165, 1.54) is 0 Å². The lowest BCUT2D eigenvalue weighted by atomic mass is 9.66. The van der Waals surface area contributed by atoms with Crippen LogP contribution < -0.4 is 0 Å². The van der Waals surface area contributed by atoms with Gasteiger partial charge in [0.25, 0.3) is 0 Å². The molecule has 2 rings (SSSR count). The summed E-state index contributed by atoms with van der Waals surface area (Å²) in [6.45, 7) is 4.47. The first-order valence-electron chi connectivity index (χ1n) is 7.14. The Hall–Kier alpha value is -1.32. The Morgan fingerprint density at radius 1 is 1.53 bits per heavy atom. The van der Waals surface area contributed by atoms with Crippen molar-refractivity contribution in [2.75, 3.05) is 0 Å². The van der Waals surface area contributed by atoms with Gasteiger partial charge in [0.05, 0.1) is 11.6 Å². The summed E-state index contributed by atoms with van der Waals surface area (Å²) in [4.78, 5) is 11.7. The van der Waals surface area contributed by atoms with Crippen molar-refractivity contribution in [1.82, 2.24) is 9.78 Å². The molecule has 4 nitrogen and oxygen atoms in total. The Morgan fingerprint density at radius 2 is 2.16 bits per heavy atom. The zero-order valence-corrected chi connectivity index (χ0v) is 12.1. The maximum atomic E-state index is 11.7. The highest BCUT2D eigenvalue weighted by Gasteiger charge is 2.42. The van der Waals surface area contributed by atoms with Crippen molar-refractivity contribution in [2.45, 2.75) is 46.0 Å². The molecule has 1 fully saturated rings. The van der Waals surface area contributed by atoms with Crippen molar-refractivity contribution in [3.63, 3.8) is 0 Å². The third-order valence-corrected chi connectivity index (χ3v) is 4.68. The van der Waals surface area contributed by atoms with Crippen LogP contribution in [0.3, 0.4) is 0 Å². The van der Waals surface area contributed by atoms with E-state index in [9.17, 15) is 9.90 Å². The first kappa shape index (κ1) is 14.1. The van der Waals surface area contributed by atoms with Gasteiger partial charge >= 0.3 is 5.97 Å². The maximum Gasteiger partial charge on any atom is 0.309 e. The molecule has 0 bridgehead atoms. The van der Waals surface area contributed by atoms with Crippen LogP contribution in [0.15, 0.2) is 12.4 Å². The number of rotatable bonds is 4. The number of aliphatic carboxylic acids is 1. The molecule has 1 N–H and O–H groups in total. The van der Waals surface area contributed by atoms with Crippen molar-refractivity contribution in [2.24, 2.45) is 24.3 Å². The molecule has 0 atom stereocenters. The standard InChI is InChI=1S/C15H24N2O2/c1-11(2)13-4-6-15(7-5-13,14(18)19)8-12-9-16-17(3)10-12/h9-11,13H,4-8H2,1-3H3,(H,18,19). The van der Waals surface area contributed by atoms with Crippen molar-refractivity contribution < 1.29 is 9.90 Å². The van der Waals surface area contributed by atoms with Gasteiger partial charge in [-0.25, -0.2) is 0 Å². The minimum atomic E-state index is -0.640. The van der Waals surface area contributed by atoms with Gasteiger partial charge in [-0.1, -0.05) is 13.8 Å². The van der Waals surface area contributed by atoms with Crippen LogP contribution in [-0.4, -0.2) is 20.9 Å². The normalized spacial score (nSPS) is 27.7.